The standard InChI is InChI=1S/C11H19N3O/c1-3-14-7-10(6-12-14)9(2)13-11-4-5-15-8-11/h6-7,9,11,13H,3-5,8H2,1-2H3. The van der Waals surface area contributed by atoms with E-state index in [1.807, 2.05) is 10.9 Å². The summed E-state index contributed by atoms with van der Waals surface area (Å²) in [5, 5.41) is 7.83. The van der Waals surface area contributed by atoms with E-state index in [4.69, 9.17) is 4.74 Å². The first-order valence-electron chi connectivity index (χ1n) is 5.65. The van der Waals surface area contributed by atoms with Crippen molar-refractivity contribution >= 4 is 0 Å². The molecule has 2 rings (SSSR count). The molecule has 0 aliphatic carbocycles. The third-order valence-electron chi connectivity index (χ3n) is 2.89. The van der Waals surface area contributed by atoms with Crippen molar-refractivity contribution in [3.63, 3.8) is 0 Å². The number of hydrogen-bond donors (Lipinski definition) is 1. The Bertz CT molecular complexity index is 305. The third kappa shape index (κ3) is 2.58. The molecule has 0 spiro atoms. The topological polar surface area (TPSA) is 39.1 Å². The summed E-state index contributed by atoms with van der Waals surface area (Å²) in [4.78, 5) is 0. The van der Waals surface area contributed by atoms with Gasteiger partial charge in [-0.05, 0) is 20.3 Å². The maximum atomic E-state index is 5.34. The quantitative estimate of drug-likeness (QED) is 0.813. The first-order valence-corrected chi connectivity index (χ1v) is 5.65. The lowest BCUT2D eigenvalue weighted by Gasteiger charge is -2.16. The van der Waals surface area contributed by atoms with Crippen LogP contribution in [0, 0.1) is 0 Å². The maximum Gasteiger partial charge on any atom is 0.0620 e. The molecule has 4 nitrogen and oxygen atoms in total. The second-order valence-corrected chi connectivity index (χ2v) is 4.08. The highest BCUT2D eigenvalue weighted by atomic mass is 16.5. The van der Waals surface area contributed by atoms with Gasteiger partial charge in [0, 0.05) is 37.0 Å². The summed E-state index contributed by atoms with van der Waals surface area (Å²) in [6, 6.07) is 0.863. The number of hydrogen-bond acceptors (Lipinski definition) is 3. The summed E-state index contributed by atoms with van der Waals surface area (Å²) < 4.78 is 7.29. The molecule has 1 aliphatic heterocycles. The van der Waals surface area contributed by atoms with Gasteiger partial charge in [-0.1, -0.05) is 0 Å². The molecule has 2 unspecified atom stereocenters. The minimum Gasteiger partial charge on any atom is -0.380 e. The molecule has 1 aromatic rings. The molecule has 0 aromatic carbocycles. The van der Waals surface area contributed by atoms with Crippen LogP contribution >= 0.6 is 0 Å². The Morgan fingerprint density at radius 2 is 2.60 bits per heavy atom. The number of ether oxygens (including phenoxy) is 1. The minimum absolute atomic E-state index is 0.358. The molecule has 2 atom stereocenters. The van der Waals surface area contributed by atoms with Gasteiger partial charge in [0.2, 0.25) is 0 Å². The van der Waals surface area contributed by atoms with Crippen LogP contribution in [0.3, 0.4) is 0 Å². The Hall–Kier alpha value is -0.870. The SMILES string of the molecule is CCn1cc(C(C)NC2CCOC2)cn1. The normalized spacial score (nSPS) is 23.2. The van der Waals surface area contributed by atoms with E-state index in [0.29, 0.717) is 12.1 Å². The Morgan fingerprint density at radius 1 is 1.73 bits per heavy atom. The van der Waals surface area contributed by atoms with Gasteiger partial charge in [0.15, 0.2) is 0 Å². The van der Waals surface area contributed by atoms with Crippen LogP contribution in [0.25, 0.3) is 0 Å². The van der Waals surface area contributed by atoms with E-state index >= 15 is 0 Å². The number of aryl methyl sites for hydroxylation is 1. The Labute approximate surface area is 90.6 Å². The van der Waals surface area contributed by atoms with Gasteiger partial charge in [-0.25, -0.2) is 0 Å². The van der Waals surface area contributed by atoms with Gasteiger partial charge in [-0.15, -0.1) is 0 Å². The molecule has 0 amide bonds. The zero-order valence-corrected chi connectivity index (χ0v) is 9.44. The summed E-state index contributed by atoms with van der Waals surface area (Å²) in [5.41, 5.74) is 1.25. The lowest BCUT2D eigenvalue weighted by Crippen LogP contribution is -2.31. The van der Waals surface area contributed by atoms with Gasteiger partial charge >= 0.3 is 0 Å². The largest absolute Gasteiger partial charge is 0.380 e. The average molecular weight is 209 g/mol. The smallest absolute Gasteiger partial charge is 0.0620 e. The summed E-state index contributed by atoms with van der Waals surface area (Å²) in [6.45, 7) is 6.93. The summed E-state index contributed by atoms with van der Waals surface area (Å²) in [7, 11) is 0. The van der Waals surface area contributed by atoms with Crippen molar-refractivity contribution in [1.29, 1.82) is 0 Å². The Kier molecular flexibility index (Phi) is 3.38. The van der Waals surface area contributed by atoms with E-state index in [1.54, 1.807) is 0 Å². The van der Waals surface area contributed by atoms with Crippen LogP contribution in [0.2, 0.25) is 0 Å². The van der Waals surface area contributed by atoms with Gasteiger partial charge in [0.05, 0.1) is 12.8 Å². The van der Waals surface area contributed by atoms with E-state index in [0.717, 1.165) is 26.2 Å². The van der Waals surface area contributed by atoms with Gasteiger partial charge in [-0.2, -0.15) is 5.10 Å². The zero-order valence-electron chi connectivity index (χ0n) is 9.44. The molecule has 1 fully saturated rings. The van der Waals surface area contributed by atoms with Gasteiger partial charge in [0.1, 0.15) is 0 Å². The zero-order chi connectivity index (χ0) is 10.7. The first-order chi connectivity index (χ1) is 7.29. The molecule has 1 aliphatic rings. The van der Waals surface area contributed by atoms with E-state index in [1.165, 1.54) is 5.56 Å². The predicted molar refractivity (Wildman–Crippen MR) is 58.7 cm³/mol. The fourth-order valence-electron chi connectivity index (χ4n) is 1.89. The minimum atomic E-state index is 0.358. The maximum absolute atomic E-state index is 5.34. The molecule has 1 saturated heterocycles. The molecule has 0 saturated carbocycles. The van der Waals surface area contributed by atoms with Crippen LogP contribution in [-0.4, -0.2) is 29.0 Å². The molecule has 0 bridgehead atoms. The van der Waals surface area contributed by atoms with E-state index in [2.05, 4.69) is 30.5 Å². The molecule has 4 heteroatoms. The highest BCUT2D eigenvalue weighted by molar-refractivity contribution is 5.09. The molecule has 0 radical (unpaired) electrons. The molecule has 1 aromatic heterocycles. The van der Waals surface area contributed by atoms with Crippen molar-refractivity contribution in [2.75, 3.05) is 13.2 Å². The fourth-order valence-corrected chi connectivity index (χ4v) is 1.89. The van der Waals surface area contributed by atoms with Crippen LogP contribution in [0.4, 0.5) is 0 Å². The van der Waals surface area contributed by atoms with Crippen molar-refractivity contribution in [3.8, 4) is 0 Å². The highest BCUT2D eigenvalue weighted by Gasteiger charge is 2.18. The summed E-state index contributed by atoms with van der Waals surface area (Å²) in [5.74, 6) is 0. The second-order valence-electron chi connectivity index (χ2n) is 4.08. The summed E-state index contributed by atoms with van der Waals surface area (Å²) >= 11 is 0. The molecular formula is C11H19N3O. The predicted octanol–water partition coefficient (Wildman–Crippen LogP) is 1.34. The number of rotatable bonds is 4. The van der Waals surface area contributed by atoms with Crippen molar-refractivity contribution in [2.45, 2.75) is 38.9 Å². The van der Waals surface area contributed by atoms with Crippen molar-refractivity contribution in [1.82, 2.24) is 15.1 Å². The van der Waals surface area contributed by atoms with Gasteiger partial charge < -0.3 is 10.1 Å². The van der Waals surface area contributed by atoms with Crippen LogP contribution in [-0.2, 0) is 11.3 Å². The lowest BCUT2D eigenvalue weighted by atomic mass is 10.1. The van der Waals surface area contributed by atoms with Crippen LogP contribution in [0.15, 0.2) is 12.4 Å². The molecular weight excluding hydrogens is 190 g/mol. The highest BCUT2D eigenvalue weighted by Crippen LogP contribution is 2.14. The van der Waals surface area contributed by atoms with E-state index < -0.39 is 0 Å². The number of nitrogens with zero attached hydrogens (tertiary/aromatic N) is 2. The third-order valence-corrected chi connectivity index (χ3v) is 2.89. The molecule has 84 valence electrons. The molecule has 15 heavy (non-hydrogen) atoms. The Balaban J connectivity index is 1.91. The number of nitrogens with one attached hydrogen (secondary N) is 1. The summed E-state index contributed by atoms with van der Waals surface area (Å²) in [6.07, 6.45) is 5.16. The molecule has 1 N–H and O–H groups in total. The second kappa shape index (κ2) is 4.77. The Morgan fingerprint density at radius 3 is 3.20 bits per heavy atom. The van der Waals surface area contributed by atoms with Crippen molar-refractivity contribution < 1.29 is 4.74 Å². The van der Waals surface area contributed by atoms with E-state index in [9.17, 15) is 0 Å². The van der Waals surface area contributed by atoms with Crippen molar-refractivity contribution in [2.24, 2.45) is 0 Å². The van der Waals surface area contributed by atoms with E-state index in [-0.39, 0.29) is 0 Å². The average Bonchev–Trinajstić information content (AvgIpc) is 2.86. The fraction of sp³-hybridized carbons (Fsp3) is 0.727. The monoisotopic (exact) mass is 209 g/mol. The lowest BCUT2D eigenvalue weighted by molar-refractivity contribution is 0.188. The molecule has 2 heterocycles. The first kappa shape index (κ1) is 10.6. The van der Waals surface area contributed by atoms with Gasteiger partial charge in [0.25, 0.3) is 0 Å². The van der Waals surface area contributed by atoms with Crippen LogP contribution in [0.5, 0.6) is 0 Å². The van der Waals surface area contributed by atoms with Crippen LogP contribution in [0.1, 0.15) is 31.9 Å². The van der Waals surface area contributed by atoms with Gasteiger partial charge in [-0.3, -0.25) is 4.68 Å². The van der Waals surface area contributed by atoms with Crippen LogP contribution < -0.4 is 5.32 Å². The number of aromatic nitrogens is 2. The van der Waals surface area contributed by atoms with Crippen molar-refractivity contribution in [3.05, 3.63) is 18.0 Å².